The van der Waals surface area contributed by atoms with Crippen LogP contribution in [0, 0.1) is 0 Å². The van der Waals surface area contributed by atoms with Gasteiger partial charge in [0.2, 0.25) is 10.0 Å². The molecule has 14 heavy (non-hydrogen) atoms. The third kappa shape index (κ3) is 7.96. The van der Waals surface area contributed by atoms with Gasteiger partial charge in [-0.3, -0.25) is 9.69 Å². The van der Waals surface area contributed by atoms with Crippen molar-refractivity contribution in [2.75, 3.05) is 25.4 Å². The van der Waals surface area contributed by atoms with Gasteiger partial charge in [-0.1, -0.05) is 6.92 Å². The molecular weight excluding hydrogens is 208 g/mol. The molecule has 7 heteroatoms. The number of carboxylic acid groups (broad SMARTS) is 1. The summed E-state index contributed by atoms with van der Waals surface area (Å²) in [6.45, 7) is 2.47. The molecule has 0 saturated heterocycles. The fraction of sp³-hybridized carbons (Fsp3) is 0.857. The number of sulfonamides is 1. The highest BCUT2D eigenvalue weighted by molar-refractivity contribution is 7.89. The Hall–Kier alpha value is -0.660. The second kappa shape index (κ2) is 5.94. The fourth-order valence-corrected chi connectivity index (χ4v) is 1.55. The Labute approximate surface area is 83.7 Å². The summed E-state index contributed by atoms with van der Waals surface area (Å²) in [6, 6.07) is 0. The average Bonchev–Trinajstić information content (AvgIpc) is 1.98. The molecule has 0 aromatic carbocycles. The molecule has 0 radical (unpaired) electrons. The molecular formula is C7H16N2O4S. The van der Waals surface area contributed by atoms with Crippen LogP contribution in [-0.4, -0.2) is 49.8 Å². The summed E-state index contributed by atoms with van der Waals surface area (Å²) in [6.07, 6.45) is 0.776. The van der Waals surface area contributed by atoms with Crippen molar-refractivity contribution in [3.63, 3.8) is 0 Å². The first kappa shape index (κ1) is 13.3. The minimum Gasteiger partial charge on any atom is -0.480 e. The maximum absolute atomic E-state index is 10.6. The quantitative estimate of drug-likeness (QED) is 0.582. The molecule has 0 amide bonds. The number of nitrogens with zero attached hydrogens (tertiary/aromatic N) is 1. The molecule has 84 valence electrons. The predicted molar refractivity (Wildman–Crippen MR) is 52.3 cm³/mol. The van der Waals surface area contributed by atoms with Crippen molar-refractivity contribution in [3.8, 4) is 0 Å². The third-order valence-electron chi connectivity index (χ3n) is 1.59. The van der Waals surface area contributed by atoms with Crippen LogP contribution in [0.25, 0.3) is 0 Å². The van der Waals surface area contributed by atoms with E-state index in [-0.39, 0.29) is 18.8 Å². The van der Waals surface area contributed by atoms with Crippen LogP contribution >= 0.6 is 0 Å². The second-order valence-corrected chi connectivity index (χ2v) is 4.77. The molecule has 0 spiro atoms. The molecule has 0 atom stereocenters. The molecule has 0 rings (SSSR count). The Morgan fingerprint density at radius 3 is 2.36 bits per heavy atom. The smallest absolute Gasteiger partial charge is 0.317 e. The lowest BCUT2D eigenvalue weighted by atomic mass is 10.4. The van der Waals surface area contributed by atoms with E-state index in [0.29, 0.717) is 6.54 Å². The summed E-state index contributed by atoms with van der Waals surface area (Å²) >= 11 is 0. The van der Waals surface area contributed by atoms with E-state index >= 15 is 0 Å². The van der Waals surface area contributed by atoms with E-state index in [1.807, 2.05) is 6.92 Å². The number of rotatable bonds is 7. The summed E-state index contributed by atoms with van der Waals surface area (Å²) in [5, 5.41) is 13.3. The van der Waals surface area contributed by atoms with Crippen molar-refractivity contribution in [1.29, 1.82) is 0 Å². The molecule has 3 N–H and O–H groups in total. The van der Waals surface area contributed by atoms with Crippen molar-refractivity contribution >= 4 is 16.0 Å². The molecule has 0 fully saturated rings. The van der Waals surface area contributed by atoms with Crippen molar-refractivity contribution in [3.05, 3.63) is 0 Å². The van der Waals surface area contributed by atoms with Crippen LogP contribution in [0.4, 0.5) is 0 Å². The van der Waals surface area contributed by atoms with Crippen molar-refractivity contribution in [2.24, 2.45) is 5.14 Å². The number of nitrogens with two attached hydrogens (primary N) is 1. The zero-order valence-electron chi connectivity index (χ0n) is 8.14. The van der Waals surface area contributed by atoms with E-state index in [1.54, 1.807) is 4.90 Å². The van der Waals surface area contributed by atoms with Crippen LogP contribution in [0.5, 0.6) is 0 Å². The topological polar surface area (TPSA) is 101 Å². The third-order valence-corrected chi connectivity index (χ3v) is 2.34. The lowest BCUT2D eigenvalue weighted by Crippen LogP contribution is -2.36. The summed E-state index contributed by atoms with van der Waals surface area (Å²) in [4.78, 5) is 11.9. The Morgan fingerprint density at radius 2 is 2.00 bits per heavy atom. The number of primary sulfonamides is 1. The Balaban J connectivity index is 4.03. The van der Waals surface area contributed by atoms with E-state index in [2.05, 4.69) is 0 Å². The van der Waals surface area contributed by atoms with Crippen molar-refractivity contribution in [1.82, 2.24) is 4.90 Å². The highest BCUT2D eigenvalue weighted by Gasteiger charge is 2.11. The average molecular weight is 224 g/mol. The highest BCUT2D eigenvalue weighted by atomic mass is 32.2. The zero-order chi connectivity index (χ0) is 11.2. The summed E-state index contributed by atoms with van der Waals surface area (Å²) in [5.41, 5.74) is 0. The predicted octanol–water partition coefficient (Wildman–Crippen LogP) is -0.928. The summed E-state index contributed by atoms with van der Waals surface area (Å²) in [5.74, 6) is -1.17. The van der Waals surface area contributed by atoms with Gasteiger partial charge in [0, 0.05) is 6.54 Å². The number of aliphatic carboxylic acids is 1. The maximum atomic E-state index is 10.6. The van der Waals surface area contributed by atoms with Gasteiger partial charge in [-0.05, 0) is 13.0 Å². The Bertz CT molecular complexity index is 275. The molecule has 0 heterocycles. The van der Waals surface area contributed by atoms with E-state index in [1.165, 1.54) is 0 Å². The fourth-order valence-electron chi connectivity index (χ4n) is 1.03. The normalized spacial score (nSPS) is 11.9. The zero-order valence-corrected chi connectivity index (χ0v) is 8.96. The second-order valence-electron chi connectivity index (χ2n) is 3.04. The van der Waals surface area contributed by atoms with Gasteiger partial charge in [-0.25, -0.2) is 13.6 Å². The van der Waals surface area contributed by atoms with Crippen LogP contribution in [-0.2, 0) is 14.8 Å². The summed E-state index contributed by atoms with van der Waals surface area (Å²) < 4.78 is 21.3. The van der Waals surface area contributed by atoms with Gasteiger partial charge >= 0.3 is 5.97 Å². The van der Waals surface area contributed by atoms with E-state index in [9.17, 15) is 13.2 Å². The maximum Gasteiger partial charge on any atom is 0.317 e. The Morgan fingerprint density at radius 1 is 1.43 bits per heavy atom. The van der Waals surface area contributed by atoms with Gasteiger partial charge in [0.15, 0.2) is 0 Å². The first-order chi connectivity index (χ1) is 6.35. The van der Waals surface area contributed by atoms with Crippen LogP contribution in [0.15, 0.2) is 0 Å². The van der Waals surface area contributed by atoms with Gasteiger partial charge in [-0.2, -0.15) is 0 Å². The minimum atomic E-state index is -3.51. The van der Waals surface area contributed by atoms with Crippen molar-refractivity contribution in [2.45, 2.75) is 13.3 Å². The number of carbonyl (C=O) groups is 1. The minimum absolute atomic E-state index is 0.149. The molecule has 0 aliphatic heterocycles. The molecule has 0 saturated carbocycles. The first-order valence-electron chi connectivity index (χ1n) is 4.29. The number of carboxylic acids is 1. The molecule has 0 bridgehead atoms. The van der Waals surface area contributed by atoms with Gasteiger partial charge < -0.3 is 5.11 Å². The van der Waals surface area contributed by atoms with Crippen LogP contribution in [0.1, 0.15) is 13.3 Å². The Kier molecular flexibility index (Phi) is 5.66. The van der Waals surface area contributed by atoms with E-state index in [0.717, 1.165) is 6.42 Å². The molecule has 0 aliphatic rings. The SMILES string of the molecule is CCCN(CCS(N)(=O)=O)CC(=O)O. The van der Waals surface area contributed by atoms with Crippen LogP contribution in [0.3, 0.4) is 0 Å². The lowest BCUT2D eigenvalue weighted by Gasteiger charge is -2.18. The van der Waals surface area contributed by atoms with Crippen LogP contribution in [0.2, 0.25) is 0 Å². The largest absolute Gasteiger partial charge is 0.480 e. The van der Waals surface area contributed by atoms with Crippen LogP contribution < -0.4 is 5.14 Å². The monoisotopic (exact) mass is 224 g/mol. The lowest BCUT2D eigenvalue weighted by molar-refractivity contribution is -0.138. The number of hydrogen-bond acceptors (Lipinski definition) is 4. The van der Waals surface area contributed by atoms with Gasteiger partial charge in [0.1, 0.15) is 0 Å². The van der Waals surface area contributed by atoms with Crippen molar-refractivity contribution < 1.29 is 18.3 Å². The van der Waals surface area contributed by atoms with Gasteiger partial charge in [0.05, 0.1) is 12.3 Å². The van der Waals surface area contributed by atoms with Gasteiger partial charge in [0.25, 0.3) is 0 Å². The van der Waals surface area contributed by atoms with Gasteiger partial charge in [-0.15, -0.1) is 0 Å². The molecule has 0 aliphatic carbocycles. The molecule has 0 unspecified atom stereocenters. The first-order valence-corrected chi connectivity index (χ1v) is 6.01. The molecule has 0 aromatic rings. The molecule has 0 aromatic heterocycles. The highest BCUT2D eigenvalue weighted by Crippen LogP contribution is 1.92. The van der Waals surface area contributed by atoms with E-state index < -0.39 is 16.0 Å². The molecule has 6 nitrogen and oxygen atoms in total. The standard InChI is InChI=1S/C7H16N2O4S/c1-2-3-9(6-7(10)11)4-5-14(8,12)13/h2-6H2,1H3,(H,10,11)(H2,8,12,13). The number of hydrogen-bond donors (Lipinski definition) is 2. The van der Waals surface area contributed by atoms with E-state index in [4.69, 9.17) is 10.2 Å². The summed E-state index contributed by atoms with van der Waals surface area (Å²) in [7, 11) is -3.51.